The fourth-order valence-electron chi connectivity index (χ4n) is 9.06. The molecule has 13 rings (SSSR count). The van der Waals surface area contributed by atoms with Gasteiger partial charge in [0.25, 0.3) is 0 Å². The Bertz CT molecular complexity index is 3810. The van der Waals surface area contributed by atoms with Gasteiger partial charge in [0.05, 0.1) is 51.7 Å². The van der Waals surface area contributed by atoms with Crippen molar-refractivity contribution < 1.29 is 40.0 Å². The third kappa shape index (κ3) is 6.23. The Labute approximate surface area is 383 Å². The van der Waals surface area contributed by atoms with E-state index in [1.165, 1.54) is 0 Å². The van der Waals surface area contributed by atoms with Crippen LogP contribution in [0.1, 0.15) is 0 Å². The van der Waals surface area contributed by atoms with E-state index in [9.17, 15) is 0 Å². The normalized spacial score (nSPS) is 11.8. The summed E-state index contributed by atoms with van der Waals surface area (Å²) in [7, 11) is 6.66. The SMILES string of the molecule is COc1ccc2cc3c(cc2c1)-c1nc-3nc2[n-]c(nc3nc(nc4[n-]c(n1)c1cc5ccc(OC)cc5cc41)-c1cc4ccc(OC)cc4cc1-3)c1cc3ccc(OC)cc3cc21.[O]=[V+2]. The molecular formula is C52H32N8O5V. The average molecular weight is 900 g/mol. The molecule has 11 aromatic rings. The molecule has 14 heteroatoms. The quantitative estimate of drug-likeness (QED) is 0.164. The number of aromatic nitrogens is 8. The summed E-state index contributed by atoms with van der Waals surface area (Å²) in [4.78, 5) is 41.8. The number of hydrogen-bond acceptors (Lipinski definition) is 11. The summed E-state index contributed by atoms with van der Waals surface area (Å²) in [5, 5.41) is 11.1. The maximum atomic E-state index is 8.19. The molecule has 5 heterocycles. The molecule has 0 amide bonds. The zero-order chi connectivity index (χ0) is 44.8. The van der Waals surface area contributed by atoms with Gasteiger partial charge in [0.15, 0.2) is 0 Å². The van der Waals surface area contributed by atoms with Crippen LogP contribution < -0.4 is 28.9 Å². The van der Waals surface area contributed by atoms with Gasteiger partial charge in [-0.2, -0.15) is 0 Å². The molecule has 0 radical (unpaired) electrons. The van der Waals surface area contributed by atoms with E-state index in [1.807, 2.05) is 72.8 Å². The van der Waals surface area contributed by atoms with Crippen molar-refractivity contribution in [2.75, 3.05) is 28.4 Å². The van der Waals surface area contributed by atoms with Crippen LogP contribution in [0.3, 0.4) is 0 Å². The van der Waals surface area contributed by atoms with Gasteiger partial charge in [-0.1, -0.05) is 24.3 Å². The number of ether oxygens (including phenoxy) is 4. The van der Waals surface area contributed by atoms with Crippen molar-refractivity contribution in [3.05, 3.63) is 121 Å². The van der Waals surface area contributed by atoms with Crippen LogP contribution in [0.25, 0.3) is 133 Å². The fraction of sp³-hybridized carbons (Fsp3) is 0.0769. The molecule has 0 N–H and O–H groups in total. The van der Waals surface area contributed by atoms with E-state index >= 15 is 0 Å². The Morgan fingerprint density at radius 3 is 0.848 bits per heavy atom. The van der Waals surface area contributed by atoms with E-state index in [2.05, 4.69) is 48.5 Å². The summed E-state index contributed by atoms with van der Waals surface area (Å²) in [6.45, 7) is 0. The second kappa shape index (κ2) is 15.2. The molecule has 0 atom stereocenters. The molecule has 66 heavy (non-hydrogen) atoms. The number of fused-ring (bicyclic) bond motifs is 24. The predicted octanol–water partition coefficient (Wildman–Crippen LogP) is 10.7. The summed E-state index contributed by atoms with van der Waals surface area (Å²) in [6.07, 6.45) is 0. The average Bonchev–Trinajstić information content (AvgIpc) is 4.08. The fourth-order valence-corrected chi connectivity index (χ4v) is 9.06. The van der Waals surface area contributed by atoms with Crippen molar-refractivity contribution in [1.29, 1.82) is 0 Å². The maximum absolute atomic E-state index is 8.19. The van der Waals surface area contributed by atoms with E-state index < -0.39 is 0 Å². The third-order valence-electron chi connectivity index (χ3n) is 12.4. The Kier molecular flexibility index (Phi) is 9.05. The molecule has 8 bridgehead atoms. The minimum atomic E-state index is 0.461. The number of methoxy groups -OCH3 is 4. The van der Waals surface area contributed by atoms with Gasteiger partial charge in [0.1, 0.15) is 23.0 Å². The number of rotatable bonds is 4. The van der Waals surface area contributed by atoms with Crippen molar-refractivity contribution in [1.82, 2.24) is 39.9 Å². The second-order valence-corrected chi connectivity index (χ2v) is 15.9. The van der Waals surface area contributed by atoms with Crippen LogP contribution in [-0.4, -0.2) is 58.3 Å². The zero-order valence-electron chi connectivity index (χ0n) is 35.6. The first-order chi connectivity index (χ1) is 32.4. The standard InChI is InChI=1S/C52H32N8O4.O.V/c1-61-33-9-5-25-17-37-41(21-29(25)13-33)49-53-45(37)58-50-43-23-31-15-35(63-3)11-7-27(31)19-39(43)47(55-50)60-52-44-24-32-16-36(64-4)12-8-28(32)20-40(44)48(56-52)59-51-42-22-30-14-34(62-2)10-6-26(30)18-38(42)46(54-51)57-49;;/h5-24H,1-4H3;;/q-2;;+2. The molecule has 2 aliphatic rings. The van der Waals surface area contributed by atoms with Crippen molar-refractivity contribution in [2.24, 2.45) is 0 Å². The predicted molar refractivity (Wildman–Crippen MR) is 251 cm³/mol. The van der Waals surface area contributed by atoms with E-state index in [-0.39, 0.29) is 0 Å². The zero-order valence-corrected chi connectivity index (χ0v) is 37.0. The van der Waals surface area contributed by atoms with Crippen LogP contribution in [0.4, 0.5) is 0 Å². The second-order valence-electron chi connectivity index (χ2n) is 15.9. The first-order valence-electron chi connectivity index (χ1n) is 20.8. The topological polar surface area (TPSA) is 160 Å². The third-order valence-corrected chi connectivity index (χ3v) is 12.4. The van der Waals surface area contributed by atoms with Crippen LogP contribution in [0.5, 0.6) is 23.0 Å². The molecule has 0 saturated heterocycles. The molecule has 13 nitrogen and oxygen atoms in total. The van der Waals surface area contributed by atoms with Gasteiger partial charge >= 0.3 is 21.0 Å². The van der Waals surface area contributed by atoms with Gasteiger partial charge in [-0.15, -0.1) is 0 Å². The van der Waals surface area contributed by atoms with Crippen LogP contribution >= 0.6 is 0 Å². The van der Waals surface area contributed by atoms with Gasteiger partial charge in [0.2, 0.25) is 0 Å². The molecule has 315 valence electrons. The van der Waals surface area contributed by atoms with E-state index in [0.717, 1.165) is 127 Å². The van der Waals surface area contributed by atoms with E-state index in [4.69, 9.17) is 62.5 Å². The van der Waals surface area contributed by atoms with Crippen molar-refractivity contribution in [3.8, 4) is 68.5 Å². The molecule has 0 fully saturated rings. The van der Waals surface area contributed by atoms with E-state index in [1.54, 1.807) is 28.4 Å². The molecule has 0 spiro atoms. The summed E-state index contributed by atoms with van der Waals surface area (Å²) in [5.74, 6) is 4.84. The Morgan fingerprint density at radius 2 is 0.561 bits per heavy atom. The first-order valence-corrected chi connectivity index (χ1v) is 21.4. The summed E-state index contributed by atoms with van der Waals surface area (Å²) >= 11 is 1.06. The summed E-state index contributed by atoms with van der Waals surface area (Å²) in [6, 6.07) is 40.7. The van der Waals surface area contributed by atoms with E-state index in [0.29, 0.717) is 45.9 Å². The molecule has 8 aromatic carbocycles. The molecule has 2 aliphatic heterocycles. The first kappa shape index (κ1) is 39.3. The molecule has 3 aromatic heterocycles. The van der Waals surface area contributed by atoms with Gasteiger partial charge in [-0.25, -0.2) is 9.97 Å². The van der Waals surface area contributed by atoms with Gasteiger partial charge in [0, 0.05) is 44.8 Å². The Hall–Kier alpha value is -8.26. The Balaban J connectivity index is 0.00000225. The number of benzene rings is 8. The van der Waals surface area contributed by atoms with Crippen LogP contribution in [-0.2, 0) is 21.0 Å². The molecular weight excluding hydrogens is 868 g/mol. The minimum absolute atomic E-state index is 0.461. The van der Waals surface area contributed by atoms with Crippen LogP contribution in [0, 0.1) is 0 Å². The van der Waals surface area contributed by atoms with Gasteiger partial charge in [-0.3, -0.25) is 0 Å². The number of nitrogens with zero attached hydrogens (tertiary/aromatic N) is 8. The summed E-state index contributed by atoms with van der Waals surface area (Å²) < 4.78 is 30.7. The van der Waals surface area contributed by atoms with Crippen molar-refractivity contribution >= 4 is 87.2 Å². The van der Waals surface area contributed by atoms with Crippen LogP contribution in [0.15, 0.2) is 121 Å². The van der Waals surface area contributed by atoms with Crippen molar-refractivity contribution in [2.45, 2.75) is 0 Å². The van der Waals surface area contributed by atoms with Crippen LogP contribution in [0.2, 0.25) is 0 Å². The Morgan fingerprint density at radius 1 is 0.318 bits per heavy atom. The molecule has 0 aliphatic carbocycles. The molecule has 0 unspecified atom stereocenters. The monoisotopic (exact) mass is 899 g/mol. The van der Waals surface area contributed by atoms with Gasteiger partial charge < -0.3 is 48.9 Å². The van der Waals surface area contributed by atoms with Crippen molar-refractivity contribution in [3.63, 3.8) is 0 Å². The molecule has 0 saturated carbocycles. The number of hydrogen-bond donors (Lipinski definition) is 0. The summed E-state index contributed by atoms with van der Waals surface area (Å²) in [5.41, 5.74) is 5.08. The van der Waals surface area contributed by atoms with Gasteiger partial charge in [-0.05, 0) is 162 Å².